The van der Waals surface area contributed by atoms with E-state index in [1.54, 1.807) is 0 Å². The molecule has 5 nitrogen and oxygen atoms in total. The quantitative estimate of drug-likeness (QED) is 0.351. The third kappa shape index (κ3) is 7.14. The first-order valence-electron chi connectivity index (χ1n) is 9.44. The number of nitrogens with one attached hydrogen (secondary N) is 2. The van der Waals surface area contributed by atoms with Crippen molar-refractivity contribution in [2.24, 2.45) is 4.99 Å². The predicted molar refractivity (Wildman–Crippen MR) is 124 cm³/mol. The largest absolute Gasteiger partial charge is 0.357 e. The molecule has 1 saturated heterocycles. The lowest BCUT2D eigenvalue weighted by molar-refractivity contribution is -0.129. The Kier molecular flexibility index (Phi) is 9.87. The zero-order chi connectivity index (χ0) is 19.2. The minimum atomic E-state index is -0.118. The number of likely N-dealkylation sites (tertiary alicyclic amines) is 1. The molecular formula is C20H32ClIN4O. The van der Waals surface area contributed by atoms with Crippen LogP contribution < -0.4 is 10.6 Å². The third-order valence-corrected chi connectivity index (χ3v) is 5.00. The first-order valence-corrected chi connectivity index (χ1v) is 9.82. The summed E-state index contributed by atoms with van der Waals surface area (Å²) in [6, 6.07) is 8.21. The molecule has 1 aliphatic heterocycles. The number of amides is 1. The summed E-state index contributed by atoms with van der Waals surface area (Å²) in [7, 11) is 0. The average molecular weight is 507 g/mol. The van der Waals surface area contributed by atoms with Gasteiger partial charge in [-0.3, -0.25) is 9.79 Å². The maximum Gasteiger partial charge on any atom is 0.222 e. The molecule has 1 heterocycles. The van der Waals surface area contributed by atoms with E-state index in [4.69, 9.17) is 16.6 Å². The highest BCUT2D eigenvalue weighted by Gasteiger charge is 2.26. The van der Waals surface area contributed by atoms with Gasteiger partial charge < -0.3 is 15.5 Å². The van der Waals surface area contributed by atoms with Crippen LogP contribution in [0.3, 0.4) is 0 Å². The predicted octanol–water partition coefficient (Wildman–Crippen LogP) is 3.80. The highest BCUT2D eigenvalue weighted by molar-refractivity contribution is 14.0. The van der Waals surface area contributed by atoms with Gasteiger partial charge in [-0.1, -0.05) is 44.5 Å². The third-order valence-electron chi connectivity index (χ3n) is 4.77. The van der Waals surface area contributed by atoms with Gasteiger partial charge in [0.05, 0.1) is 6.54 Å². The summed E-state index contributed by atoms with van der Waals surface area (Å²) < 4.78 is 0. The van der Waals surface area contributed by atoms with Crippen molar-refractivity contribution in [3.8, 4) is 0 Å². The lowest BCUT2D eigenvalue weighted by Gasteiger charge is -2.25. The average Bonchev–Trinajstić information content (AvgIpc) is 3.08. The molecule has 1 fully saturated rings. The van der Waals surface area contributed by atoms with Crippen LogP contribution in [0.4, 0.5) is 0 Å². The molecule has 152 valence electrons. The van der Waals surface area contributed by atoms with E-state index in [-0.39, 0.29) is 41.3 Å². The molecule has 0 aromatic heterocycles. The molecule has 0 saturated carbocycles. The van der Waals surface area contributed by atoms with E-state index in [0.717, 1.165) is 37.0 Å². The second kappa shape index (κ2) is 11.1. The van der Waals surface area contributed by atoms with Crippen LogP contribution in [0.25, 0.3) is 0 Å². The van der Waals surface area contributed by atoms with Crippen LogP contribution in [0, 0.1) is 0 Å². The van der Waals surface area contributed by atoms with Gasteiger partial charge in [-0.2, -0.15) is 0 Å². The lowest BCUT2D eigenvalue weighted by atomic mass is 9.85. The second-order valence-electron chi connectivity index (χ2n) is 7.41. The molecule has 0 spiro atoms. The molecule has 0 radical (unpaired) electrons. The van der Waals surface area contributed by atoms with Crippen molar-refractivity contribution in [1.29, 1.82) is 0 Å². The molecule has 7 heteroatoms. The van der Waals surface area contributed by atoms with E-state index in [0.29, 0.717) is 13.0 Å². The molecule has 1 aromatic carbocycles. The summed E-state index contributed by atoms with van der Waals surface area (Å²) >= 11 is 6.14. The van der Waals surface area contributed by atoms with Crippen molar-refractivity contribution in [1.82, 2.24) is 15.5 Å². The number of guanidine groups is 1. The summed E-state index contributed by atoms with van der Waals surface area (Å²) in [6.45, 7) is 11.3. The molecule has 0 bridgehead atoms. The Morgan fingerprint density at radius 2 is 2.11 bits per heavy atom. The van der Waals surface area contributed by atoms with Crippen molar-refractivity contribution < 1.29 is 4.79 Å². The zero-order valence-electron chi connectivity index (χ0n) is 16.7. The van der Waals surface area contributed by atoms with Gasteiger partial charge in [0.1, 0.15) is 0 Å². The molecule has 1 aliphatic rings. The first-order chi connectivity index (χ1) is 12.4. The highest BCUT2D eigenvalue weighted by atomic mass is 127. The Hall–Kier alpha value is -1.02. The topological polar surface area (TPSA) is 56.7 Å². The van der Waals surface area contributed by atoms with E-state index in [1.165, 1.54) is 5.56 Å². The number of halogens is 2. The number of aliphatic imine (C=N–C) groups is 1. The summed E-state index contributed by atoms with van der Waals surface area (Å²) in [5, 5.41) is 7.54. The Bertz CT molecular complexity index is 651. The molecule has 2 N–H and O–H groups in total. The fourth-order valence-corrected chi connectivity index (χ4v) is 3.31. The van der Waals surface area contributed by atoms with Crippen LogP contribution in [0.2, 0.25) is 5.02 Å². The fourth-order valence-electron chi connectivity index (χ4n) is 3.12. The van der Waals surface area contributed by atoms with Crippen molar-refractivity contribution in [2.45, 2.75) is 52.0 Å². The number of rotatable bonds is 6. The van der Waals surface area contributed by atoms with Gasteiger partial charge in [0.2, 0.25) is 5.91 Å². The van der Waals surface area contributed by atoms with Crippen LogP contribution in [-0.4, -0.2) is 49.0 Å². The van der Waals surface area contributed by atoms with Crippen molar-refractivity contribution in [2.75, 3.05) is 26.2 Å². The fraction of sp³-hybridized carbons (Fsp3) is 0.600. The van der Waals surface area contributed by atoms with Crippen LogP contribution in [0.5, 0.6) is 0 Å². The number of carbonyl (C=O) groups is 1. The smallest absolute Gasteiger partial charge is 0.222 e. The molecule has 1 amide bonds. The summed E-state index contributed by atoms with van der Waals surface area (Å²) in [6.07, 6.45) is 1.52. The van der Waals surface area contributed by atoms with Gasteiger partial charge in [-0.15, -0.1) is 24.0 Å². The molecule has 27 heavy (non-hydrogen) atoms. The summed E-state index contributed by atoms with van der Waals surface area (Å²) in [4.78, 5) is 18.6. The van der Waals surface area contributed by atoms with Crippen LogP contribution in [0.1, 0.15) is 46.1 Å². The van der Waals surface area contributed by atoms with Gasteiger partial charge in [0, 0.05) is 42.5 Å². The standard InChI is InChI=1S/C20H31ClN4O.HI/c1-5-18(26)25-11-10-17(13-25)24-19(22-6-2)23-14-20(3,4)15-8-7-9-16(21)12-15;/h7-9,12,17H,5-6,10-11,13-14H2,1-4H3,(H2,22,23,24);1H. The van der Waals surface area contributed by atoms with Crippen molar-refractivity contribution in [3.05, 3.63) is 34.9 Å². The second-order valence-corrected chi connectivity index (χ2v) is 7.85. The summed E-state index contributed by atoms with van der Waals surface area (Å²) in [5.41, 5.74) is 1.05. The van der Waals surface area contributed by atoms with E-state index >= 15 is 0 Å². The lowest BCUT2D eigenvalue weighted by Crippen LogP contribution is -2.45. The monoisotopic (exact) mass is 506 g/mol. The van der Waals surface area contributed by atoms with Gasteiger partial charge in [0.25, 0.3) is 0 Å². The number of hydrogen-bond donors (Lipinski definition) is 2. The molecule has 1 atom stereocenters. The maximum atomic E-state index is 11.9. The van der Waals surface area contributed by atoms with Crippen LogP contribution >= 0.6 is 35.6 Å². The Balaban J connectivity index is 0.00000364. The molecule has 0 aliphatic carbocycles. The Labute approximate surface area is 185 Å². The number of carbonyl (C=O) groups excluding carboxylic acids is 1. The van der Waals surface area contributed by atoms with E-state index in [9.17, 15) is 4.79 Å². The van der Waals surface area contributed by atoms with Gasteiger partial charge in [-0.05, 0) is 31.0 Å². The highest BCUT2D eigenvalue weighted by Crippen LogP contribution is 2.25. The minimum Gasteiger partial charge on any atom is -0.357 e. The molecule has 2 rings (SSSR count). The van der Waals surface area contributed by atoms with Gasteiger partial charge in [0.15, 0.2) is 5.96 Å². The van der Waals surface area contributed by atoms with Crippen LogP contribution in [-0.2, 0) is 10.2 Å². The van der Waals surface area contributed by atoms with Gasteiger partial charge in [-0.25, -0.2) is 0 Å². The number of nitrogens with zero attached hydrogens (tertiary/aromatic N) is 2. The van der Waals surface area contributed by atoms with E-state index in [2.05, 4.69) is 37.5 Å². The minimum absolute atomic E-state index is 0. The van der Waals surface area contributed by atoms with Gasteiger partial charge >= 0.3 is 0 Å². The Morgan fingerprint density at radius 1 is 1.37 bits per heavy atom. The zero-order valence-corrected chi connectivity index (χ0v) is 19.8. The maximum absolute atomic E-state index is 11.9. The van der Waals surface area contributed by atoms with Crippen LogP contribution in [0.15, 0.2) is 29.3 Å². The molecule has 1 aromatic rings. The van der Waals surface area contributed by atoms with Crippen molar-refractivity contribution in [3.63, 3.8) is 0 Å². The Morgan fingerprint density at radius 3 is 2.74 bits per heavy atom. The van der Waals surface area contributed by atoms with E-state index < -0.39 is 0 Å². The first kappa shape index (κ1) is 24.0. The number of hydrogen-bond acceptors (Lipinski definition) is 2. The SMILES string of the molecule is CCNC(=NCC(C)(C)c1cccc(Cl)c1)NC1CCN(C(=O)CC)C1.I. The summed E-state index contributed by atoms with van der Waals surface area (Å²) in [5.74, 6) is 1.02. The molecular weight excluding hydrogens is 475 g/mol. The van der Waals surface area contributed by atoms with E-state index in [1.807, 2.05) is 30.0 Å². The number of benzene rings is 1. The normalized spacial score (nSPS) is 17.4. The molecule has 1 unspecified atom stereocenters. The van der Waals surface area contributed by atoms with Crippen molar-refractivity contribution >= 4 is 47.4 Å².